The number of carbonyl (C=O) groups is 1. The van der Waals surface area contributed by atoms with Crippen LogP contribution >= 0.6 is 12.4 Å². The minimum atomic E-state index is -0.271. The number of halogens is 1. The zero-order chi connectivity index (χ0) is 15.9. The predicted octanol–water partition coefficient (Wildman–Crippen LogP) is 4.27. The van der Waals surface area contributed by atoms with E-state index in [1.165, 1.54) is 0 Å². The van der Waals surface area contributed by atoms with Crippen molar-refractivity contribution in [2.75, 3.05) is 20.6 Å². The fraction of sp³-hybridized carbons (Fsp3) is 0.316. The number of aryl methyl sites for hydroxylation is 1. The number of carbonyl (C=O) groups excluding carboxylic acids is 1. The normalized spacial score (nSPS) is 11.7. The number of ether oxygens (including phenoxy) is 1. The lowest BCUT2D eigenvalue weighted by Gasteiger charge is -2.20. The molecule has 0 bridgehead atoms. The molecular weight excluding hydrogens is 310 g/mol. The Morgan fingerprint density at radius 1 is 1.04 bits per heavy atom. The Hall–Kier alpha value is -1.84. The lowest BCUT2D eigenvalue weighted by Crippen LogP contribution is -2.19. The van der Waals surface area contributed by atoms with E-state index < -0.39 is 0 Å². The molecule has 1 unspecified atom stereocenters. The molecular formula is C19H24ClNO2. The molecule has 2 aromatic rings. The fourth-order valence-corrected chi connectivity index (χ4v) is 2.22. The third-order valence-corrected chi connectivity index (χ3v) is 3.55. The van der Waals surface area contributed by atoms with Gasteiger partial charge in [0.1, 0.15) is 6.10 Å². The van der Waals surface area contributed by atoms with Gasteiger partial charge in [0.25, 0.3) is 0 Å². The highest BCUT2D eigenvalue weighted by Gasteiger charge is 2.18. The molecule has 0 radical (unpaired) electrons. The van der Waals surface area contributed by atoms with Crippen molar-refractivity contribution in [3.63, 3.8) is 0 Å². The van der Waals surface area contributed by atoms with Crippen molar-refractivity contribution in [2.45, 2.75) is 19.4 Å². The number of hydrogen-bond acceptors (Lipinski definition) is 3. The largest absolute Gasteiger partial charge is 0.454 e. The van der Waals surface area contributed by atoms with Gasteiger partial charge in [-0.15, -0.1) is 12.4 Å². The Kier molecular flexibility index (Phi) is 7.79. The van der Waals surface area contributed by atoms with E-state index in [0.717, 1.165) is 24.1 Å². The van der Waals surface area contributed by atoms with E-state index in [2.05, 4.69) is 4.90 Å². The molecule has 0 aliphatic rings. The molecule has 0 saturated carbocycles. The highest BCUT2D eigenvalue weighted by molar-refractivity contribution is 5.89. The molecule has 0 fully saturated rings. The van der Waals surface area contributed by atoms with Gasteiger partial charge in [0, 0.05) is 13.0 Å². The molecule has 1 atom stereocenters. The zero-order valence-corrected chi connectivity index (χ0v) is 14.7. The monoisotopic (exact) mass is 333 g/mol. The Morgan fingerprint density at radius 3 is 2.22 bits per heavy atom. The van der Waals surface area contributed by atoms with Gasteiger partial charge in [-0.05, 0) is 38.7 Å². The summed E-state index contributed by atoms with van der Waals surface area (Å²) in [6.45, 7) is 2.86. The summed E-state index contributed by atoms with van der Waals surface area (Å²) in [5.74, 6) is -0.271. The van der Waals surface area contributed by atoms with E-state index in [0.29, 0.717) is 5.56 Å². The molecule has 0 amide bonds. The zero-order valence-electron chi connectivity index (χ0n) is 13.9. The maximum atomic E-state index is 12.3. The van der Waals surface area contributed by atoms with E-state index in [1.54, 1.807) is 0 Å². The first-order chi connectivity index (χ1) is 10.6. The van der Waals surface area contributed by atoms with Crippen LogP contribution in [0.15, 0.2) is 54.6 Å². The Morgan fingerprint density at radius 2 is 1.65 bits per heavy atom. The van der Waals surface area contributed by atoms with E-state index in [9.17, 15) is 4.79 Å². The van der Waals surface area contributed by atoms with Crippen LogP contribution in [0.5, 0.6) is 0 Å². The second kappa shape index (κ2) is 9.33. The summed E-state index contributed by atoms with van der Waals surface area (Å²) in [6.07, 6.45) is 0.548. The molecule has 0 saturated heterocycles. The lowest BCUT2D eigenvalue weighted by atomic mass is 10.1. The molecule has 0 aliphatic heterocycles. The van der Waals surface area contributed by atoms with Crippen LogP contribution in [0.1, 0.15) is 34.0 Å². The first kappa shape index (κ1) is 19.2. The average molecular weight is 334 g/mol. The predicted molar refractivity (Wildman–Crippen MR) is 96.2 cm³/mol. The number of rotatable bonds is 6. The molecule has 2 aromatic carbocycles. The first-order valence-corrected chi connectivity index (χ1v) is 7.53. The molecule has 0 heterocycles. The van der Waals surface area contributed by atoms with Crippen LogP contribution in [0.4, 0.5) is 0 Å². The summed E-state index contributed by atoms with van der Waals surface area (Å²) in [5, 5.41) is 0. The van der Waals surface area contributed by atoms with Crippen LogP contribution in [0.3, 0.4) is 0 Å². The van der Waals surface area contributed by atoms with E-state index in [1.807, 2.05) is 75.6 Å². The van der Waals surface area contributed by atoms with Gasteiger partial charge in [0.05, 0.1) is 5.56 Å². The minimum absolute atomic E-state index is 0. The number of hydrogen-bond donors (Lipinski definition) is 0. The molecule has 0 aliphatic carbocycles. The summed E-state index contributed by atoms with van der Waals surface area (Å²) in [6, 6.07) is 17.4. The van der Waals surface area contributed by atoms with Crippen molar-refractivity contribution >= 4 is 18.4 Å². The van der Waals surface area contributed by atoms with Crippen molar-refractivity contribution in [3.05, 3.63) is 71.3 Å². The van der Waals surface area contributed by atoms with Crippen LogP contribution in [-0.4, -0.2) is 31.5 Å². The van der Waals surface area contributed by atoms with Crippen molar-refractivity contribution < 1.29 is 9.53 Å². The topological polar surface area (TPSA) is 29.5 Å². The van der Waals surface area contributed by atoms with Gasteiger partial charge < -0.3 is 9.64 Å². The van der Waals surface area contributed by atoms with Gasteiger partial charge in [-0.3, -0.25) is 0 Å². The molecule has 124 valence electrons. The first-order valence-electron chi connectivity index (χ1n) is 7.53. The Balaban J connectivity index is 0.00000264. The van der Waals surface area contributed by atoms with Crippen molar-refractivity contribution in [2.24, 2.45) is 0 Å². The summed E-state index contributed by atoms with van der Waals surface area (Å²) < 4.78 is 5.75. The van der Waals surface area contributed by atoms with Gasteiger partial charge >= 0.3 is 5.97 Å². The molecule has 4 heteroatoms. The van der Waals surface area contributed by atoms with E-state index >= 15 is 0 Å². The van der Waals surface area contributed by atoms with Crippen LogP contribution < -0.4 is 0 Å². The minimum Gasteiger partial charge on any atom is -0.454 e. The SMILES string of the molecule is Cc1ccc(C(=O)OC(CCN(C)C)c2ccccc2)cc1.Cl. The molecule has 0 aromatic heterocycles. The molecule has 0 N–H and O–H groups in total. The molecule has 0 spiro atoms. The quantitative estimate of drug-likeness (QED) is 0.739. The van der Waals surface area contributed by atoms with Crippen molar-refractivity contribution in [1.82, 2.24) is 4.90 Å². The number of benzene rings is 2. The third kappa shape index (κ3) is 6.05. The summed E-state index contributed by atoms with van der Waals surface area (Å²) in [5.41, 5.74) is 2.75. The maximum absolute atomic E-state index is 12.3. The molecule has 3 nitrogen and oxygen atoms in total. The van der Waals surface area contributed by atoms with Gasteiger partial charge in [-0.2, -0.15) is 0 Å². The second-order valence-electron chi connectivity index (χ2n) is 5.76. The Labute approximate surface area is 144 Å². The Bertz CT molecular complexity index is 597. The standard InChI is InChI=1S/C19H23NO2.ClH/c1-15-9-11-17(12-10-15)19(21)22-18(13-14-20(2)3)16-7-5-4-6-8-16;/h4-12,18H,13-14H2,1-3H3;1H. The number of nitrogens with zero attached hydrogens (tertiary/aromatic N) is 1. The molecule has 23 heavy (non-hydrogen) atoms. The average Bonchev–Trinajstić information content (AvgIpc) is 2.52. The van der Waals surface area contributed by atoms with Crippen LogP contribution in [0, 0.1) is 6.92 Å². The fourth-order valence-electron chi connectivity index (χ4n) is 2.22. The highest BCUT2D eigenvalue weighted by Crippen LogP contribution is 2.23. The van der Waals surface area contributed by atoms with Gasteiger partial charge in [0.15, 0.2) is 0 Å². The van der Waals surface area contributed by atoms with Crippen molar-refractivity contribution in [3.8, 4) is 0 Å². The van der Waals surface area contributed by atoms with Gasteiger partial charge in [-0.1, -0.05) is 48.0 Å². The van der Waals surface area contributed by atoms with Gasteiger partial charge in [-0.25, -0.2) is 4.79 Å². The second-order valence-corrected chi connectivity index (χ2v) is 5.76. The highest BCUT2D eigenvalue weighted by atomic mass is 35.5. The summed E-state index contributed by atoms with van der Waals surface area (Å²) in [4.78, 5) is 14.4. The molecule has 2 rings (SSSR count). The lowest BCUT2D eigenvalue weighted by molar-refractivity contribution is 0.0261. The van der Waals surface area contributed by atoms with Gasteiger partial charge in [0.2, 0.25) is 0 Å². The maximum Gasteiger partial charge on any atom is 0.338 e. The van der Waals surface area contributed by atoms with E-state index in [4.69, 9.17) is 4.74 Å². The van der Waals surface area contributed by atoms with Crippen molar-refractivity contribution in [1.29, 1.82) is 0 Å². The summed E-state index contributed by atoms with van der Waals surface area (Å²) >= 11 is 0. The summed E-state index contributed by atoms with van der Waals surface area (Å²) in [7, 11) is 4.04. The van der Waals surface area contributed by atoms with Crippen LogP contribution in [0.2, 0.25) is 0 Å². The van der Waals surface area contributed by atoms with E-state index in [-0.39, 0.29) is 24.5 Å². The number of esters is 1. The van der Waals surface area contributed by atoms with Crippen LogP contribution in [-0.2, 0) is 4.74 Å². The van der Waals surface area contributed by atoms with Crippen LogP contribution in [0.25, 0.3) is 0 Å². The smallest absolute Gasteiger partial charge is 0.338 e. The third-order valence-electron chi connectivity index (χ3n) is 3.55.